The number of nitrogens with one attached hydrogen (secondary N) is 2. The van der Waals surface area contributed by atoms with Crippen molar-refractivity contribution in [2.24, 2.45) is 5.10 Å². The van der Waals surface area contributed by atoms with E-state index in [4.69, 9.17) is 23.2 Å². The van der Waals surface area contributed by atoms with Gasteiger partial charge in [0, 0.05) is 31.4 Å². The quantitative estimate of drug-likeness (QED) is 0.289. The lowest BCUT2D eigenvalue weighted by molar-refractivity contribution is -0.119. The molecule has 1 atom stereocenters. The number of benzene rings is 1. The molecule has 3 N–H and O–H groups in total. The molecule has 1 aliphatic rings. The highest BCUT2D eigenvalue weighted by Gasteiger charge is 2.28. The minimum atomic E-state index is -0.463. The summed E-state index contributed by atoms with van der Waals surface area (Å²) in [6.07, 6.45) is 0.695. The van der Waals surface area contributed by atoms with E-state index in [-0.39, 0.29) is 23.6 Å². The van der Waals surface area contributed by atoms with Gasteiger partial charge in [0.05, 0.1) is 36.0 Å². The van der Waals surface area contributed by atoms with E-state index in [1.807, 2.05) is 0 Å². The third kappa shape index (κ3) is 5.73. The molecule has 2 aromatic heterocycles. The number of carbonyl (C=O) groups is 3. The van der Waals surface area contributed by atoms with Crippen molar-refractivity contribution >= 4 is 69.3 Å². The van der Waals surface area contributed by atoms with Crippen LogP contribution in [0.15, 0.2) is 40.8 Å². The molecule has 36 heavy (non-hydrogen) atoms. The number of halogens is 2. The van der Waals surface area contributed by atoms with Gasteiger partial charge in [0.15, 0.2) is 0 Å². The molecular weight excluding hydrogens is 543 g/mol. The number of hydrogen-bond donors (Lipinski definition) is 3. The Kier molecular flexibility index (Phi) is 7.99. The van der Waals surface area contributed by atoms with E-state index in [1.54, 1.807) is 47.5 Å². The Morgan fingerprint density at radius 1 is 1.11 bits per heavy atom. The molecule has 1 saturated heterocycles. The van der Waals surface area contributed by atoms with Crippen LogP contribution in [0.25, 0.3) is 10.4 Å². The Morgan fingerprint density at radius 3 is 2.58 bits per heavy atom. The molecule has 3 amide bonds. The molecule has 1 unspecified atom stereocenters. The van der Waals surface area contributed by atoms with Gasteiger partial charge in [0.1, 0.15) is 5.75 Å². The first-order chi connectivity index (χ1) is 17.1. The van der Waals surface area contributed by atoms with Gasteiger partial charge in [-0.2, -0.15) is 5.10 Å². The normalized spacial score (nSPS) is 15.7. The summed E-state index contributed by atoms with van der Waals surface area (Å²) in [5, 5.41) is 20.2. The zero-order chi connectivity index (χ0) is 26.0. The summed E-state index contributed by atoms with van der Waals surface area (Å²) in [6.45, 7) is 4.10. The third-order valence-electron chi connectivity index (χ3n) is 5.58. The van der Waals surface area contributed by atoms with Crippen molar-refractivity contribution in [2.75, 3.05) is 13.1 Å². The minimum Gasteiger partial charge on any atom is -0.506 e. The van der Waals surface area contributed by atoms with Crippen molar-refractivity contribution in [1.82, 2.24) is 15.6 Å². The number of aromatic hydroxyl groups is 1. The predicted molar refractivity (Wildman–Crippen MR) is 144 cm³/mol. The van der Waals surface area contributed by atoms with E-state index < -0.39 is 5.91 Å². The molecule has 4 rings (SSSR count). The standard InChI is InChI=1S/C24H22Cl2N4O4S2/c1-12(16-11-35-22(21(16)32)14-3-4-17(25)18(26)9-14)28-29-23(33)19-5-6-20(36-19)24(34)30-8-7-15(10-30)27-13(2)31/h3-6,9,11,15,32H,7-8,10H2,1-2H3,(H,27,31)(H,29,33)/b28-12-. The highest BCUT2D eigenvalue weighted by molar-refractivity contribution is 7.16. The van der Waals surface area contributed by atoms with Crippen LogP contribution in [0.1, 0.15) is 45.2 Å². The molecule has 12 heteroatoms. The minimum absolute atomic E-state index is 0.0288. The summed E-state index contributed by atoms with van der Waals surface area (Å²) >= 11 is 14.5. The monoisotopic (exact) mass is 564 g/mol. The van der Waals surface area contributed by atoms with Gasteiger partial charge in [0.2, 0.25) is 5.91 Å². The average molecular weight is 566 g/mol. The maximum Gasteiger partial charge on any atom is 0.281 e. The molecule has 1 fully saturated rings. The third-order valence-corrected chi connectivity index (χ3v) is 8.41. The van der Waals surface area contributed by atoms with Crippen LogP contribution in [-0.4, -0.2) is 52.6 Å². The number of amides is 3. The first-order valence-electron chi connectivity index (χ1n) is 10.9. The van der Waals surface area contributed by atoms with Crippen LogP contribution >= 0.6 is 45.9 Å². The number of carbonyl (C=O) groups excluding carboxylic acids is 3. The van der Waals surface area contributed by atoms with Crippen molar-refractivity contribution in [1.29, 1.82) is 0 Å². The summed E-state index contributed by atoms with van der Waals surface area (Å²) in [6, 6.07) is 8.21. The van der Waals surface area contributed by atoms with Crippen molar-refractivity contribution in [3.63, 3.8) is 0 Å². The second kappa shape index (κ2) is 11.0. The Balaban J connectivity index is 1.40. The van der Waals surface area contributed by atoms with Gasteiger partial charge in [-0.1, -0.05) is 29.3 Å². The molecule has 0 bridgehead atoms. The second-order valence-electron chi connectivity index (χ2n) is 8.20. The van der Waals surface area contributed by atoms with Gasteiger partial charge in [-0.15, -0.1) is 22.7 Å². The SMILES string of the molecule is CC(=O)NC1CCN(C(=O)c2ccc(C(=O)N/N=C(/C)c3csc(-c4ccc(Cl)c(Cl)c4)c3O)s2)C1. The number of hydrogen-bond acceptors (Lipinski definition) is 7. The van der Waals surface area contributed by atoms with E-state index >= 15 is 0 Å². The first kappa shape index (κ1) is 26.2. The Labute approximate surface area is 225 Å². The lowest BCUT2D eigenvalue weighted by Gasteiger charge is -2.15. The maximum absolute atomic E-state index is 12.8. The highest BCUT2D eigenvalue weighted by atomic mass is 35.5. The lowest BCUT2D eigenvalue weighted by Crippen LogP contribution is -2.37. The Hall–Kier alpha value is -2.92. The lowest BCUT2D eigenvalue weighted by atomic mass is 10.1. The molecule has 3 heterocycles. The molecule has 188 valence electrons. The molecule has 0 radical (unpaired) electrons. The molecule has 8 nitrogen and oxygen atoms in total. The van der Waals surface area contributed by atoms with Gasteiger partial charge in [-0.3, -0.25) is 14.4 Å². The Morgan fingerprint density at radius 2 is 1.86 bits per heavy atom. The van der Waals surface area contributed by atoms with E-state index in [2.05, 4.69) is 15.8 Å². The van der Waals surface area contributed by atoms with Gasteiger partial charge >= 0.3 is 0 Å². The summed E-state index contributed by atoms with van der Waals surface area (Å²) < 4.78 is 0. The number of nitrogens with zero attached hydrogens (tertiary/aromatic N) is 2. The van der Waals surface area contributed by atoms with Crippen LogP contribution in [0.3, 0.4) is 0 Å². The van der Waals surface area contributed by atoms with Crippen molar-refractivity contribution in [3.8, 4) is 16.2 Å². The molecule has 0 saturated carbocycles. The predicted octanol–water partition coefficient (Wildman–Crippen LogP) is 4.99. The topological polar surface area (TPSA) is 111 Å². The van der Waals surface area contributed by atoms with Crippen molar-refractivity contribution in [2.45, 2.75) is 26.3 Å². The molecule has 0 aliphatic carbocycles. The van der Waals surface area contributed by atoms with E-state index in [0.717, 1.165) is 11.3 Å². The van der Waals surface area contributed by atoms with Crippen LogP contribution < -0.4 is 10.7 Å². The summed E-state index contributed by atoms with van der Waals surface area (Å²) in [5.41, 5.74) is 4.09. The smallest absolute Gasteiger partial charge is 0.281 e. The second-order valence-corrected chi connectivity index (χ2v) is 11.0. The summed E-state index contributed by atoms with van der Waals surface area (Å²) in [4.78, 5) is 39.7. The first-order valence-corrected chi connectivity index (χ1v) is 13.4. The number of hydrazone groups is 1. The van der Waals surface area contributed by atoms with Crippen LogP contribution in [0.4, 0.5) is 0 Å². The average Bonchev–Trinajstić information content (AvgIpc) is 3.58. The maximum atomic E-state index is 12.8. The van der Waals surface area contributed by atoms with Crippen LogP contribution in [0, 0.1) is 0 Å². The molecule has 1 aliphatic heterocycles. The zero-order valence-corrected chi connectivity index (χ0v) is 22.4. The number of thiophene rings is 2. The highest BCUT2D eigenvalue weighted by Crippen LogP contribution is 2.40. The Bertz CT molecular complexity index is 1370. The summed E-state index contributed by atoms with van der Waals surface area (Å²) in [7, 11) is 0. The molecular formula is C24H22Cl2N4O4S2. The number of rotatable bonds is 6. The number of likely N-dealkylation sites (tertiary alicyclic amines) is 1. The zero-order valence-electron chi connectivity index (χ0n) is 19.3. The van der Waals surface area contributed by atoms with Gasteiger partial charge in [0.25, 0.3) is 11.8 Å². The van der Waals surface area contributed by atoms with Crippen molar-refractivity contribution < 1.29 is 19.5 Å². The van der Waals surface area contributed by atoms with Gasteiger partial charge in [-0.25, -0.2) is 5.43 Å². The molecule has 0 spiro atoms. The fourth-order valence-electron chi connectivity index (χ4n) is 3.78. The van der Waals surface area contributed by atoms with Gasteiger partial charge in [-0.05, 0) is 43.2 Å². The summed E-state index contributed by atoms with van der Waals surface area (Å²) in [5.74, 6) is -0.734. The van der Waals surface area contributed by atoms with Crippen LogP contribution in [0.2, 0.25) is 10.0 Å². The molecule has 3 aromatic rings. The largest absolute Gasteiger partial charge is 0.506 e. The fourth-order valence-corrected chi connectivity index (χ4v) is 5.95. The fraction of sp³-hybridized carbons (Fsp3) is 0.250. The van der Waals surface area contributed by atoms with E-state index in [0.29, 0.717) is 61.0 Å². The van der Waals surface area contributed by atoms with E-state index in [1.165, 1.54) is 18.3 Å². The van der Waals surface area contributed by atoms with Gasteiger partial charge < -0.3 is 15.3 Å². The molecule has 1 aromatic carbocycles. The van der Waals surface area contributed by atoms with E-state index in [9.17, 15) is 19.5 Å². The van der Waals surface area contributed by atoms with Crippen LogP contribution in [-0.2, 0) is 4.79 Å². The van der Waals surface area contributed by atoms with Crippen molar-refractivity contribution in [3.05, 3.63) is 61.1 Å². The van der Waals surface area contributed by atoms with Crippen LogP contribution in [0.5, 0.6) is 5.75 Å².